The van der Waals surface area contributed by atoms with Gasteiger partial charge >= 0.3 is 17.9 Å². The Morgan fingerprint density at radius 2 is 0.520 bits per heavy atom. The molecule has 6 heteroatoms. The van der Waals surface area contributed by atoms with Crippen LogP contribution in [0.4, 0.5) is 0 Å². The molecule has 0 spiro atoms. The summed E-state index contributed by atoms with van der Waals surface area (Å²) < 4.78 is 16.9. The second kappa shape index (κ2) is 62.6. The highest BCUT2D eigenvalue weighted by molar-refractivity contribution is 5.71. The highest BCUT2D eigenvalue weighted by atomic mass is 16.6. The predicted octanol–water partition coefficient (Wildman–Crippen LogP) is 21.4. The van der Waals surface area contributed by atoms with Gasteiger partial charge in [-0.2, -0.15) is 0 Å². The van der Waals surface area contributed by atoms with Gasteiger partial charge in [-0.05, 0) is 109 Å². The number of carbonyl (C=O) groups is 3. The Morgan fingerprint density at radius 3 is 0.827 bits per heavy atom. The molecule has 0 heterocycles. The number of unbranched alkanes of at least 4 members (excludes halogenated alkanes) is 27. The molecule has 1 atom stereocenters. The molecule has 428 valence electrons. The van der Waals surface area contributed by atoms with E-state index in [2.05, 4.69) is 130 Å². The Morgan fingerprint density at radius 1 is 0.280 bits per heavy atom. The topological polar surface area (TPSA) is 78.9 Å². The van der Waals surface area contributed by atoms with Gasteiger partial charge in [0.05, 0.1) is 0 Å². The van der Waals surface area contributed by atoms with E-state index in [1.807, 2.05) is 0 Å². The van der Waals surface area contributed by atoms with Gasteiger partial charge in [-0.3, -0.25) is 14.4 Å². The molecule has 0 saturated heterocycles. The number of allylic oxidation sites excluding steroid dienone is 18. The van der Waals surface area contributed by atoms with Crippen molar-refractivity contribution in [1.29, 1.82) is 0 Å². The van der Waals surface area contributed by atoms with Gasteiger partial charge in [0.25, 0.3) is 0 Å². The van der Waals surface area contributed by atoms with E-state index in [1.165, 1.54) is 135 Å². The van der Waals surface area contributed by atoms with Gasteiger partial charge in [0, 0.05) is 19.3 Å². The molecule has 0 N–H and O–H groups in total. The molecule has 0 aromatic heterocycles. The Kier molecular flexibility index (Phi) is 59.3. The average molecular weight is 1040 g/mol. The van der Waals surface area contributed by atoms with Crippen LogP contribution >= 0.6 is 0 Å². The molecule has 0 fully saturated rings. The normalized spacial score (nSPS) is 12.8. The third kappa shape index (κ3) is 60.8. The van der Waals surface area contributed by atoms with E-state index in [0.717, 1.165) is 116 Å². The van der Waals surface area contributed by atoms with E-state index in [9.17, 15) is 14.4 Å². The minimum absolute atomic E-state index is 0.0896. The lowest BCUT2D eigenvalue weighted by Crippen LogP contribution is -2.30. The number of esters is 3. The van der Waals surface area contributed by atoms with Crippen LogP contribution in [-0.2, 0) is 28.6 Å². The first-order valence-corrected chi connectivity index (χ1v) is 31.4. The Hall–Kier alpha value is -3.93. The highest BCUT2D eigenvalue weighted by Gasteiger charge is 2.19. The molecular weight excluding hydrogens is 925 g/mol. The van der Waals surface area contributed by atoms with Crippen LogP contribution < -0.4 is 0 Å². The van der Waals surface area contributed by atoms with Crippen LogP contribution in [0.1, 0.15) is 290 Å². The van der Waals surface area contributed by atoms with Crippen LogP contribution in [0.3, 0.4) is 0 Å². The molecule has 0 aromatic carbocycles. The van der Waals surface area contributed by atoms with E-state index in [4.69, 9.17) is 14.2 Å². The summed E-state index contributed by atoms with van der Waals surface area (Å²) in [6, 6.07) is 0. The van der Waals surface area contributed by atoms with E-state index in [0.29, 0.717) is 19.3 Å². The lowest BCUT2D eigenvalue weighted by molar-refractivity contribution is -0.167. The molecule has 75 heavy (non-hydrogen) atoms. The molecule has 1 unspecified atom stereocenters. The molecule has 0 aliphatic rings. The first-order valence-electron chi connectivity index (χ1n) is 31.4. The average Bonchev–Trinajstić information content (AvgIpc) is 3.41. The smallest absolute Gasteiger partial charge is 0.306 e. The minimum atomic E-state index is -0.795. The summed E-state index contributed by atoms with van der Waals surface area (Å²) in [5, 5.41) is 0. The van der Waals surface area contributed by atoms with Crippen molar-refractivity contribution in [3.8, 4) is 0 Å². The third-order valence-corrected chi connectivity index (χ3v) is 13.3. The summed E-state index contributed by atoms with van der Waals surface area (Å²) in [5.41, 5.74) is 0. The van der Waals surface area contributed by atoms with E-state index in [1.54, 1.807) is 0 Å². The van der Waals surface area contributed by atoms with E-state index in [-0.39, 0.29) is 31.1 Å². The zero-order valence-electron chi connectivity index (χ0n) is 49.0. The Labute approximate surface area is 463 Å². The summed E-state index contributed by atoms with van der Waals surface area (Å²) in [4.78, 5) is 38.2. The summed E-state index contributed by atoms with van der Waals surface area (Å²) in [7, 11) is 0. The maximum atomic E-state index is 12.9. The lowest BCUT2D eigenvalue weighted by Gasteiger charge is -2.18. The number of hydrogen-bond acceptors (Lipinski definition) is 6. The van der Waals surface area contributed by atoms with Crippen molar-refractivity contribution in [2.45, 2.75) is 297 Å². The summed E-state index contributed by atoms with van der Waals surface area (Å²) in [6.45, 7) is 6.49. The molecule has 0 saturated carbocycles. The minimum Gasteiger partial charge on any atom is -0.462 e. The zero-order valence-corrected chi connectivity index (χ0v) is 49.0. The number of ether oxygens (including phenoxy) is 3. The van der Waals surface area contributed by atoms with Crippen LogP contribution in [0.15, 0.2) is 109 Å². The van der Waals surface area contributed by atoms with Crippen molar-refractivity contribution in [1.82, 2.24) is 0 Å². The van der Waals surface area contributed by atoms with Crippen molar-refractivity contribution in [3.05, 3.63) is 109 Å². The summed E-state index contributed by atoms with van der Waals surface area (Å²) >= 11 is 0. The van der Waals surface area contributed by atoms with Gasteiger partial charge in [0.2, 0.25) is 0 Å². The number of hydrogen-bond donors (Lipinski definition) is 0. The van der Waals surface area contributed by atoms with Crippen LogP contribution in [0, 0.1) is 0 Å². The van der Waals surface area contributed by atoms with Crippen molar-refractivity contribution in [3.63, 3.8) is 0 Å². The number of rotatable bonds is 56. The second-order valence-corrected chi connectivity index (χ2v) is 20.6. The molecule has 0 bridgehead atoms. The van der Waals surface area contributed by atoms with Gasteiger partial charge < -0.3 is 14.2 Å². The third-order valence-electron chi connectivity index (χ3n) is 13.3. The first-order chi connectivity index (χ1) is 37.0. The lowest BCUT2D eigenvalue weighted by atomic mass is 10.1. The molecule has 0 aliphatic carbocycles. The first kappa shape index (κ1) is 71.1. The molecule has 6 nitrogen and oxygen atoms in total. The molecule has 0 radical (unpaired) electrons. The molecule has 0 amide bonds. The maximum absolute atomic E-state index is 12.9. The summed E-state index contributed by atoms with van der Waals surface area (Å²) in [5.74, 6) is -0.923. The SMILES string of the molecule is CC/C=C\C/C=C\C/C=C\C/C=C\C/C=C\C/C=C\C/C=C\CCCCCC(=O)OCC(COC(=O)CCCCCCCCCCCCC)OC(=O)CCCCCCCCCCC/C=C\C/C=C\CCCCCCC. The van der Waals surface area contributed by atoms with Gasteiger partial charge in [-0.25, -0.2) is 0 Å². The van der Waals surface area contributed by atoms with Crippen LogP contribution in [-0.4, -0.2) is 37.2 Å². The van der Waals surface area contributed by atoms with E-state index >= 15 is 0 Å². The molecule has 0 rings (SSSR count). The highest BCUT2D eigenvalue weighted by Crippen LogP contribution is 2.15. The van der Waals surface area contributed by atoms with Crippen molar-refractivity contribution in [2.75, 3.05) is 13.2 Å². The van der Waals surface area contributed by atoms with Gasteiger partial charge in [-0.1, -0.05) is 271 Å². The standard InChI is InChI=1S/C69H116O6/c1-4-7-10-13-16-19-22-24-26-28-30-32-33-34-35-37-38-40-42-44-47-50-53-56-59-62-68(71)74-65-66(64-73-67(70)61-58-55-52-49-46-21-18-15-12-9-6-3)75-69(72)63-60-57-54-51-48-45-43-41-39-36-31-29-27-25-23-20-17-14-11-8-5-2/h7,10,16,19,23-26,29-32,34-35,38,40,44,47,66H,4-6,8-9,11-15,17-18,20-22,27-28,33,36-37,39,41-43,45-46,48-65H2,1-3H3/b10-7-,19-16-,25-23-,26-24-,31-29-,32-30-,35-34-,40-38-,47-44-. The fourth-order valence-corrected chi connectivity index (χ4v) is 8.57. The second-order valence-electron chi connectivity index (χ2n) is 20.6. The van der Waals surface area contributed by atoms with Gasteiger partial charge in [0.15, 0.2) is 6.10 Å². The Bertz CT molecular complexity index is 1520. The monoisotopic (exact) mass is 1040 g/mol. The fraction of sp³-hybridized carbons (Fsp3) is 0.696. The van der Waals surface area contributed by atoms with Crippen LogP contribution in [0.5, 0.6) is 0 Å². The zero-order chi connectivity index (χ0) is 54.3. The molecule has 0 aliphatic heterocycles. The molecular formula is C69H116O6. The largest absolute Gasteiger partial charge is 0.462 e. The van der Waals surface area contributed by atoms with Crippen LogP contribution in [0.25, 0.3) is 0 Å². The number of carbonyl (C=O) groups excluding carboxylic acids is 3. The molecule has 0 aromatic rings. The van der Waals surface area contributed by atoms with Gasteiger partial charge in [-0.15, -0.1) is 0 Å². The predicted molar refractivity (Wildman–Crippen MR) is 325 cm³/mol. The van der Waals surface area contributed by atoms with Crippen LogP contribution in [0.2, 0.25) is 0 Å². The Balaban J connectivity index is 4.39. The maximum Gasteiger partial charge on any atom is 0.306 e. The summed E-state index contributed by atoms with van der Waals surface area (Å²) in [6.07, 6.45) is 85.2. The fourth-order valence-electron chi connectivity index (χ4n) is 8.57. The quantitative estimate of drug-likeness (QED) is 0.0261. The van der Waals surface area contributed by atoms with Crippen molar-refractivity contribution < 1.29 is 28.6 Å². The van der Waals surface area contributed by atoms with Crippen molar-refractivity contribution >= 4 is 17.9 Å². The van der Waals surface area contributed by atoms with Gasteiger partial charge in [0.1, 0.15) is 13.2 Å². The van der Waals surface area contributed by atoms with E-state index < -0.39 is 6.10 Å². The van der Waals surface area contributed by atoms with Crippen molar-refractivity contribution in [2.24, 2.45) is 0 Å².